The molecule has 2 fully saturated rings. The number of rotatable bonds is 3. The maximum Gasteiger partial charge on any atom is 0.229 e. The fourth-order valence-electron chi connectivity index (χ4n) is 3.47. The Morgan fingerprint density at radius 3 is 2.76 bits per heavy atom. The van der Waals surface area contributed by atoms with E-state index in [4.69, 9.17) is 0 Å². The first-order valence-corrected chi connectivity index (χ1v) is 7.46. The standard InChI is InChI=1S/C16H18N4O/c21-16(14-10-12-4-7-15(14)18-12)19-11-2-5-13(6-3-11)20-9-1-8-17-20/h1-3,5-6,8-9,12,14-15,18H,4,7,10H2,(H,19,21). The van der Waals surface area contributed by atoms with Gasteiger partial charge in [-0.3, -0.25) is 4.79 Å². The van der Waals surface area contributed by atoms with Crippen LogP contribution in [0.25, 0.3) is 5.69 Å². The number of hydrogen-bond acceptors (Lipinski definition) is 3. The monoisotopic (exact) mass is 282 g/mol. The molecule has 0 spiro atoms. The van der Waals surface area contributed by atoms with Crippen LogP contribution in [-0.4, -0.2) is 27.8 Å². The Morgan fingerprint density at radius 2 is 2.14 bits per heavy atom. The number of aromatic nitrogens is 2. The fourth-order valence-corrected chi connectivity index (χ4v) is 3.47. The molecule has 2 bridgehead atoms. The van der Waals surface area contributed by atoms with Gasteiger partial charge in [-0.1, -0.05) is 0 Å². The number of fused-ring (bicyclic) bond motifs is 2. The van der Waals surface area contributed by atoms with Crippen molar-refractivity contribution < 1.29 is 4.79 Å². The summed E-state index contributed by atoms with van der Waals surface area (Å²) in [5.74, 6) is 0.260. The second-order valence-electron chi connectivity index (χ2n) is 5.88. The highest BCUT2D eigenvalue weighted by atomic mass is 16.2. The number of nitrogens with one attached hydrogen (secondary N) is 2. The molecule has 2 aromatic rings. The maximum atomic E-state index is 12.3. The molecule has 3 atom stereocenters. The summed E-state index contributed by atoms with van der Waals surface area (Å²) < 4.78 is 1.80. The molecule has 108 valence electrons. The van der Waals surface area contributed by atoms with Crippen molar-refractivity contribution >= 4 is 11.6 Å². The van der Waals surface area contributed by atoms with Gasteiger partial charge >= 0.3 is 0 Å². The van der Waals surface area contributed by atoms with E-state index in [1.54, 1.807) is 10.9 Å². The third-order valence-corrected chi connectivity index (χ3v) is 4.54. The molecule has 1 amide bonds. The van der Waals surface area contributed by atoms with Crippen molar-refractivity contribution in [1.29, 1.82) is 0 Å². The van der Waals surface area contributed by atoms with Gasteiger partial charge < -0.3 is 10.6 Å². The van der Waals surface area contributed by atoms with Gasteiger partial charge in [0.05, 0.1) is 11.6 Å². The Balaban J connectivity index is 1.44. The SMILES string of the molecule is O=C(Nc1ccc(-n2cccn2)cc1)C1CC2CCC1N2. The van der Waals surface area contributed by atoms with Gasteiger partial charge in [0, 0.05) is 30.2 Å². The van der Waals surface area contributed by atoms with E-state index in [9.17, 15) is 4.79 Å². The molecule has 2 saturated heterocycles. The van der Waals surface area contributed by atoms with Gasteiger partial charge in [-0.15, -0.1) is 0 Å². The molecule has 4 rings (SSSR count). The molecule has 2 aliphatic rings. The lowest BCUT2D eigenvalue weighted by Crippen LogP contribution is -2.32. The minimum absolute atomic E-state index is 0.120. The predicted octanol–water partition coefficient (Wildman–Crippen LogP) is 1.95. The molecule has 2 N–H and O–H groups in total. The van der Waals surface area contributed by atoms with Crippen molar-refractivity contribution in [2.75, 3.05) is 5.32 Å². The van der Waals surface area contributed by atoms with Crippen LogP contribution >= 0.6 is 0 Å². The van der Waals surface area contributed by atoms with Crippen molar-refractivity contribution in [3.05, 3.63) is 42.7 Å². The van der Waals surface area contributed by atoms with Gasteiger partial charge in [-0.05, 0) is 49.6 Å². The van der Waals surface area contributed by atoms with Crippen LogP contribution in [0, 0.1) is 5.92 Å². The number of carbonyl (C=O) groups is 1. The Kier molecular flexibility index (Phi) is 3.00. The molecule has 0 saturated carbocycles. The van der Waals surface area contributed by atoms with E-state index in [1.807, 2.05) is 36.5 Å². The van der Waals surface area contributed by atoms with Gasteiger partial charge in [0.25, 0.3) is 0 Å². The Bertz CT molecular complexity index is 635. The highest BCUT2D eigenvalue weighted by molar-refractivity contribution is 5.93. The van der Waals surface area contributed by atoms with Crippen molar-refractivity contribution in [2.24, 2.45) is 5.92 Å². The predicted molar refractivity (Wildman–Crippen MR) is 80.2 cm³/mol. The largest absolute Gasteiger partial charge is 0.326 e. The van der Waals surface area contributed by atoms with Crippen LogP contribution in [0.3, 0.4) is 0 Å². The molecule has 2 aliphatic heterocycles. The second-order valence-corrected chi connectivity index (χ2v) is 5.88. The molecule has 1 aromatic heterocycles. The van der Waals surface area contributed by atoms with Crippen LogP contribution in [0.1, 0.15) is 19.3 Å². The fraction of sp³-hybridized carbons (Fsp3) is 0.375. The molecule has 0 radical (unpaired) electrons. The molecule has 3 unspecified atom stereocenters. The highest BCUT2D eigenvalue weighted by Crippen LogP contribution is 2.33. The normalized spacial score (nSPS) is 27.0. The summed E-state index contributed by atoms with van der Waals surface area (Å²) in [7, 11) is 0. The summed E-state index contributed by atoms with van der Waals surface area (Å²) in [6, 6.07) is 10.6. The third kappa shape index (κ3) is 2.34. The van der Waals surface area contributed by atoms with E-state index in [1.165, 1.54) is 6.42 Å². The summed E-state index contributed by atoms with van der Waals surface area (Å²) in [4.78, 5) is 12.3. The Morgan fingerprint density at radius 1 is 1.29 bits per heavy atom. The average molecular weight is 282 g/mol. The topological polar surface area (TPSA) is 59.0 Å². The van der Waals surface area contributed by atoms with E-state index in [-0.39, 0.29) is 11.8 Å². The molecular weight excluding hydrogens is 264 g/mol. The van der Waals surface area contributed by atoms with Gasteiger partial charge in [-0.25, -0.2) is 4.68 Å². The number of anilines is 1. The molecule has 5 heteroatoms. The van der Waals surface area contributed by atoms with Gasteiger partial charge in [0.15, 0.2) is 0 Å². The first-order valence-electron chi connectivity index (χ1n) is 7.46. The smallest absolute Gasteiger partial charge is 0.229 e. The minimum Gasteiger partial charge on any atom is -0.326 e. The van der Waals surface area contributed by atoms with Crippen molar-refractivity contribution in [3.63, 3.8) is 0 Å². The average Bonchev–Trinajstić information content (AvgIpc) is 3.25. The lowest BCUT2D eigenvalue weighted by molar-refractivity contribution is -0.120. The molecule has 21 heavy (non-hydrogen) atoms. The minimum atomic E-state index is 0.120. The van der Waals surface area contributed by atoms with Crippen molar-refractivity contribution in [2.45, 2.75) is 31.3 Å². The number of carbonyl (C=O) groups excluding carboxylic acids is 1. The molecule has 5 nitrogen and oxygen atoms in total. The molecular formula is C16H18N4O. The van der Waals surface area contributed by atoms with E-state index < -0.39 is 0 Å². The summed E-state index contributed by atoms with van der Waals surface area (Å²) in [6.45, 7) is 0. The summed E-state index contributed by atoms with van der Waals surface area (Å²) in [5, 5.41) is 10.7. The van der Waals surface area contributed by atoms with Crippen LogP contribution in [0.4, 0.5) is 5.69 Å². The van der Waals surface area contributed by atoms with Crippen molar-refractivity contribution in [3.8, 4) is 5.69 Å². The van der Waals surface area contributed by atoms with Gasteiger partial charge in [-0.2, -0.15) is 5.10 Å². The van der Waals surface area contributed by atoms with Crippen LogP contribution < -0.4 is 10.6 Å². The summed E-state index contributed by atoms with van der Waals surface area (Å²) in [6.07, 6.45) is 6.96. The van der Waals surface area contributed by atoms with Gasteiger partial charge in [0.2, 0.25) is 5.91 Å². The Hall–Kier alpha value is -2.14. The number of benzene rings is 1. The zero-order valence-electron chi connectivity index (χ0n) is 11.7. The van der Waals surface area contributed by atoms with Crippen LogP contribution in [0.2, 0.25) is 0 Å². The first-order chi connectivity index (χ1) is 10.3. The maximum absolute atomic E-state index is 12.3. The quantitative estimate of drug-likeness (QED) is 0.904. The second kappa shape index (κ2) is 5.00. The molecule has 0 aliphatic carbocycles. The van der Waals surface area contributed by atoms with Crippen LogP contribution in [0.15, 0.2) is 42.7 Å². The number of hydrogen-bond donors (Lipinski definition) is 2. The molecule has 3 heterocycles. The van der Waals surface area contributed by atoms with E-state index in [0.717, 1.165) is 24.2 Å². The lowest BCUT2D eigenvalue weighted by Gasteiger charge is -2.19. The van der Waals surface area contributed by atoms with E-state index in [0.29, 0.717) is 12.1 Å². The lowest BCUT2D eigenvalue weighted by atomic mass is 9.88. The zero-order chi connectivity index (χ0) is 14.2. The van der Waals surface area contributed by atoms with Crippen LogP contribution in [0.5, 0.6) is 0 Å². The summed E-state index contributed by atoms with van der Waals surface area (Å²) >= 11 is 0. The summed E-state index contributed by atoms with van der Waals surface area (Å²) in [5.41, 5.74) is 1.83. The highest BCUT2D eigenvalue weighted by Gasteiger charge is 2.42. The molecule has 1 aromatic carbocycles. The zero-order valence-corrected chi connectivity index (χ0v) is 11.7. The van der Waals surface area contributed by atoms with Gasteiger partial charge in [0.1, 0.15) is 0 Å². The van der Waals surface area contributed by atoms with E-state index >= 15 is 0 Å². The van der Waals surface area contributed by atoms with Crippen LogP contribution in [-0.2, 0) is 4.79 Å². The third-order valence-electron chi connectivity index (χ3n) is 4.54. The Labute approximate surface area is 123 Å². The number of nitrogens with zero attached hydrogens (tertiary/aromatic N) is 2. The van der Waals surface area contributed by atoms with E-state index in [2.05, 4.69) is 15.7 Å². The van der Waals surface area contributed by atoms with Crippen molar-refractivity contribution in [1.82, 2.24) is 15.1 Å². The first kappa shape index (κ1) is 12.6. The number of amides is 1.